The van der Waals surface area contributed by atoms with E-state index >= 15 is 0 Å². The SMILES string of the molecule is Cc1nc(CN(C)Cc2csc(-c3ccc(Cl)cc3)n2)no1. The Labute approximate surface area is 137 Å². The van der Waals surface area contributed by atoms with Crippen molar-refractivity contribution >= 4 is 22.9 Å². The summed E-state index contributed by atoms with van der Waals surface area (Å²) >= 11 is 7.54. The minimum atomic E-state index is 0.585. The molecule has 0 saturated heterocycles. The molecule has 114 valence electrons. The zero-order valence-corrected chi connectivity index (χ0v) is 13.9. The van der Waals surface area contributed by atoms with Gasteiger partial charge in [0, 0.05) is 29.4 Å². The Balaban J connectivity index is 1.65. The third-order valence-corrected chi connectivity index (χ3v) is 4.25. The Morgan fingerprint density at radius 3 is 2.64 bits per heavy atom. The summed E-state index contributed by atoms with van der Waals surface area (Å²) in [6.45, 7) is 3.15. The molecule has 2 aromatic heterocycles. The topological polar surface area (TPSA) is 55.1 Å². The summed E-state index contributed by atoms with van der Waals surface area (Å²) < 4.78 is 4.98. The zero-order valence-electron chi connectivity index (χ0n) is 12.3. The van der Waals surface area contributed by atoms with Crippen molar-refractivity contribution in [1.82, 2.24) is 20.0 Å². The monoisotopic (exact) mass is 334 g/mol. The summed E-state index contributed by atoms with van der Waals surface area (Å²) in [5.41, 5.74) is 2.11. The van der Waals surface area contributed by atoms with Crippen molar-refractivity contribution in [2.24, 2.45) is 0 Å². The molecule has 5 nitrogen and oxygen atoms in total. The van der Waals surface area contributed by atoms with Crippen molar-refractivity contribution in [1.29, 1.82) is 0 Å². The van der Waals surface area contributed by atoms with Gasteiger partial charge in [0.05, 0.1) is 12.2 Å². The van der Waals surface area contributed by atoms with Crippen LogP contribution >= 0.6 is 22.9 Å². The Morgan fingerprint density at radius 2 is 1.95 bits per heavy atom. The Morgan fingerprint density at radius 1 is 1.18 bits per heavy atom. The molecule has 0 aliphatic rings. The molecule has 0 unspecified atom stereocenters. The van der Waals surface area contributed by atoms with Gasteiger partial charge in [0.15, 0.2) is 5.82 Å². The number of hydrogen-bond acceptors (Lipinski definition) is 6. The van der Waals surface area contributed by atoms with Crippen LogP contribution in [-0.2, 0) is 13.1 Å². The number of halogens is 1. The largest absolute Gasteiger partial charge is 0.340 e. The second-order valence-electron chi connectivity index (χ2n) is 5.05. The van der Waals surface area contributed by atoms with Crippen LogP contribution in [0.25, 0.3) is 10.6 Å². The minimum absolute atomic E-state index is 0.585. The van der Waals surface area contributed by atoms with Crippen LogP contribution in [0.3, 0.4) is 0 Å². The lowest BCUT2D eigenvalue weighted by Gasteiger charge is -2.12. The van der Waals surface area contributed by atoms with Gasteiger partial charge in [-0.3, -0.25) is 4.90 Å². The van der Waals surface area contributed by atoms with Crippen molar-refractivity contribution in [3.63, 3.8) is 0 Å². The lowest BCUT2D eigenvalue weighted by Crippen LogP contribution is -2.18. The average Bonchev–Trinajstić information content (AvgIpc) is 3.09. The average molecular weight is 335 g/mol. The van der Waals surface area contributed by atoms with Gasteiger partial charge >= 0.3 is 0 Å². The highest BCUT2D eigenvalue weighted by atomic mass is 35.5. The van der Waals surface area contributed by atoms with Gasteiger partial charge in [0.1, 0.15) is 5.01 Å². The van der Waals surface area contributed by atoms with Crippen LogP contribution < -0.4 is 0 Å². The maximum Gasteiger partial charge on any atom is 0.223 e. The summed E-state index contributed by atoms with van der Waals surface area (Å²) in [6, 6.07) is 7.72. The molecule has 0 aliphatic heterocycles. The number of aromatic nitrogens is 3. The standard InChI is InChI=1S/C15H15ClN4OS/c1-10-17-14(19-21-10)8-20(2)7-13-9-22-15(18-13)11-3-5-12(16)6-4-11/h3-6,9H,7-8H2,1-2H3. The molecule has 3 rings (SSSR count). The highest BCUT2D eigenvalue weighted by Crippen LogP contribution is 2.25. The molecule has 3 aromatic rings. The van der Waals surface area contributed by atoms with E-state index in [-0.39, 0.29) is 0 Å². The molecule has 7 heteroatoms. The molecule has 0 N–H and O–H groups in total. The fourth-order valence-electron chi connectivity index (χ4n) is 2.08. The van der Waals surface area contributed by atoms with Crippen LogP contribution in [0.1, 0.15) is 17.4 Å². The van der Waals surface area contributed by atoms with Gasteiger partial charge in [-0.15, -0.1) is 11.3 Å². The summed E-state index contributed by atoms with van der Waals surface area (Å²) in [5.74, 6) is 1.27. The van der Waals surface area contributed by atoms with Crippen LogP contribution in [0, 0.1) is 6.92 Å². The van der Waals surface area contributed by atoms with Crippen molar-refractivity contribution in [3.05, 3.63) is 52.1 Å². The molecular formula is C15H15ClN4OS. The summed E-state index contributed by atoms with van der Waals surface area (Å²) in [7, 11) is 2.01. The molecule has 0 saturated carbocycles. The first-order chi connectivity index (χ1) is 10.6. The minimum Gasteiger partial charge on any atom is -0.340 e. The summed E-state index contributed by atoms with van der Waals surface area (Å²) in [4.78, 5) is 11.0. The molecule has 0 fully saturated rings. The van der Waals surface area contributed by atoms with E-state index in [2.05, 4.69) is 25.4 Å². The molecule has 22 heavy (non-hydrogen) atoms. The smallest absolute Gasteiger partial charge is 0.223 e. The molecule has 0 amide bonds. The van der Waals surface area contributed by atoms with Crippen LogP contribution in [0.5, 0.6) is 0 Å². The second-order valence-corrected chi connectivity index (χ2v) is 6.35. The maximum atomic E-state index is 5.91. The van der Waals surface area contributed by atoms with Gasteiger partial charge in [-0.1, -0.05) is 28.9 Å². The Hall–Kier alpha value is -1.76. The van der Waals surface area contributed by atoms with Gasteiger partial charge in [0.25, 0.3) is 0 Å². The first-order valence-corrected chi connectivity index (χ1v) is 8.04. The van der Waals surface area contributed by atoms with Crippen molar-refractivity contribution in [3.8, 4) is 10.6 Å². The Kier molecular flexibility index (Phi) is 4.52. The van der Waals surface area contributed by atoms with E-state index in [1.165, 1.54) is 0 Å². The Bertz CT molecular complexity index is 753. The van der Waals surface area contributed by atoms with E-state index in [0.717, 1.165) is 27.8 Å². The van der Waals surface area contributed by atoms with Crippen molar-refractivity contribution in [2.75, 3.05) is 7.05 Å². The molecule has 2 heterocycles. The zero-order chi connectivity index (χ0) is 15.5. The van der Waals surface area contributed by atoms with E-state index in [1.807, 2.05) is 31.3 Å². The highest BCUT2D eigenvalue weighted by Gasteiger charge is 2.10. The second kappa shape index (κ2) is 6.56. The predicted molar refractivity (Wildman–Crippen MR) is 86.8 cm³/mol. The normalized spacial score (nSPS) is 11.3. The molecule has 1 aromatic carbocycles. The maximum absolute atomic E-state index is 5.91. The predicted octanol–water partition coefficient (Wildman–Crippen LogP) is 3.79. The molecule has 0 aliphatic carbocycles. The number of rotatable bonds is 5. The third-order valence-electron chi connectivity index (χ3n) is 3.06. The van der Waals surface area contributed by atoms with E-state index in [0.29, 0.717) is 18.3 Å². The molecule has 0 spiro atoms. The lowest BCUT2D eigenvalue weighted by molar-refractivity contribution is 0.298. The van der Waals surface area contributed by atoms with Crippen LogP contribution in [0.4, 0.5) is 0 Å². The first kappa shape index (κ1) is 15.1. The van der Waals surface area contributed by atoms with Gasteiger partial charge in [0.2, 0.25) is 5.89 Å². The number of benzene rings is 1. The van der Waals surface area contributed by atoms with Gasteiger partial charge in [-0.05, 0) is 19.2 Å². The molecular weight excluding hydrogens is 320 g/mol. The third kappa shape index (κ3) is 3.71. The quantitative estimate of drug-likeness (QED) is 0.710. The summed E-state index contributed by atoms with van der Waals surface area (Å²) in [6.07, 6.45) is 0. The lowest BCUT2D eigenvalue weighted by atomic mass is 10.2. The van der Waals surface area contributed by atoms with E-state index < -0.39 is 0 Å². The van der Waals surface area contributed by atoms with Crippen molar-refractivity contribution < 1.29 is 4.52 Å². The van der Waals surface area contributed by atoms with Gasteiger partial charge < -0.3 is 4.52 Å². The summed E-state index contributed by atoms with van der Waals surface area (Å²) in [5, 5.41) is 7.70. The number of nitrogens with zero attached hydrogens (tertiary/aromatic N) is 4. The fourth-order valence-corrected chi connectivity index (χ4v) is 3.03. The molecule has 0 radical (unpaired) electrons. The number of aryl methyl sites for hydroxylation is 1. The van der Waals surface area contributed by atoms with Crippen LogP contribution in [0.2, 0.25) is 5.02 Å². The van der Waals surface area contributed by atoms with Crippen LogP contribution in [-0.4, -0.2) is 27.1 Å². The van der Waals surface area contributed by atoms with E-state index in [1.54, 1.807) is 18.3 Å². The number of hydrogen-bond donors (Lipinski definition) is 0. The highest BCUT2D eigenvalue weighted by molar-refractivity contribution is 7.13. The van der Waals surface area contributed by atoms with Crippen LogP contribution in [0.15, 0.2) is 34.2 Å². The van der Waals surface area contributed by atoms with Gasteiger partial charge in [-0.25, -0.2) is 4.98 Å². The molecule has 0 bridgehead atoms. The van der Waals surface area contributed by atoms with E-state index in [9.17, 15) is 0 Å². The fraction of sp³-hybridized carbons (Fsp3) is 0.267. The number of thiazole rings is 1. The van der Waals surface area contributed by atoms with Crippen molar-refractivity contribution in [2.45, 2.75) is 20.0 Å². The first-order valence-electron chi connectivity index (χ1n) is 6.78. The van der Waals surface area contributed by atoms with E-state index in [4.69, 9.17) is 16.1 Å². The van der Waals surface area contributed by atoms with Gasteiger partial charge in [-0.2, -0.15) is 4.98 Å². The molecule has 0 atom stereocenters.